The topological polar surface area (TPSA) is 112 Å². The number of nitrogens with one attached hydrogen (secondary N) is 3. The van der Waals surface area contributed by atoms with Crippen molar-refractivity contribution in [1.82, 2.24) is 30.1 Å². The fraction of sp³-hybridized carbons (Fsp3) is 0.207. The molecule has 0 unspecified atom stereocenters. The van der Waals surface area contributed by atoms with Gasteiger partial charge >= 0.3 is 0 Å². The third-order valence-corrected chi connectivity index (χ3v) is 8.04. The Bertz CT molecular complexity index is 1820. The Kier molecular flexibility index (Phi) is 5.89. The highest BCUT2D eigenvalue weighted by Crippen LogP contribution is 2.34. The summed E-state index contributed by atoms with van der Waals surface area (Å²) in [6.07, 6.45) is 10.2. The van der Waals surface area contributed by atoms with E-state index in [1.165, 1.54) is 12.5 Å². The van der Waals surface area contributed by atoms with Crippen LogP contribution in [-0.4, -0.2) is 36.0 Å². The molecular weight excluding hydrogens is 513 g/mol. The van der Waals surface area contributed by atoms with Gasteiger partial charge < -0.3 is 10.3 Å². The normalized spacial score (nSPS) is 14.3. The number of carbonyl (C=O) groups excluding carboxylic acids is 1. The van der Waals surface area contributed by atoms with E-state index in [9.17, 15) is 4.79 Å². The van der Waals surface area contributed by atoms with E-state index < -0.39 is 5.82 Å². The molecule has 5 aromatic heterocycles. The molecule has 0 radical (unpaired) electrons. The Morgan fingerprint density at radius 2 is 1.92 bits per heavy atom. The average Bonchev–Trinajstić information content (AvgIpc) is 3.73. The minimum atomic E-state index is -0.436. The van der Waals surface area contributed by atoms with Crippen molar-refractivity contribution in [3.63, 3.8) is 0 Å². The molecule has 0 atom stereocenters. The van der Waals surface area contributed by atoms with Gasteiger partial charge in [0.1, 0.15) is 22.5 Å². The highest BCUT2D eigenvalue weighted by molar-refractivity contribution is 7.08. The number of carbonyl (C=O) groups is 1. The highest BCUT2D eigenvalue weighted by atomic mass is 32.1. The van der Waals surface area contributed by atoms with E-state index in [4.69, 9.17) is 4.98 Å². The van der Waals surface area contributed by atoms with E-state index in [1.54, 1.807) is 29.9 Å². The number of amides is 1. The fourth-order valence-electron chi connectivity index (χ4n) is 5.36. The standard InChI is InChI=1S/C29H24FN7OS/c30-22-12-18(19-10-20(14-31-13-19)33-29(38)16-4-2-1-3-5-16)11-21-25(22)36-37-26(21)28-34-23-6-8-32-24(27(23)35-28)17-7-9-39-15-17/h6-16H,1-5H2,(H,33,38)(H,34,35)(H,36,37). The number of halogens is 1. The maximum absolute atomic E-state index is 15.3. The molecule has 1 amide bonds. The Labute approximate surface area is 226 Å². The lowest BCUT2D eigenvalue weighted by molar-refractivity contribution is -0.120. The predicted molar refractivity (Wildman–Crippen MR) is 151 cm³/mol. The molecule has 1 aromatic carbocycles. The van der Waals surface area contributed by atoms with Crippen LogP contribution in [0.2, 0.25) is 0 Å². The lowest BCUT2D eigenvalue weighted by Gasteiger charge is -2.20. The van der Waals surface area contributed by atoms with Gasteiger partial charge in [0.05, 0.1) is 23.1 Å². The van der Waals surface area contributed by atoms with E-state index in [-0.39, 0.29) is 11.8 Å². The summed E-state index contributed by atoms with van der Waals surface area (Å²) in [6.45, 7) is 0. The second-order valence-electron chi connectivity index (χ2n) is 9.89. The minimum Gasteiger partial charge on any atom is -0.336 e. The van der Waals surface area contributed by atoms with Crippen molar-refractivity contribution >= 4 is 44.9 Å². The number of pyridine rings is 2. The summed E-state index contributed by atoms with van der Waals surface area (Å²) >= 11 is 1.60. The van der Waals surface area contributed by atoms with Crippen LogP contribution in [0, 0.1) is 11.7 Å². The van der Waals surface area contributed by atoms with Gasteiger partial charge in [0.25, 0.3) is 0 Å². The summed E-state index contributed by atoms with van der Waals surface area (Å²) in [6, 6.07) is 9.01. The quantitative estimate of drug-likeness (QED) is 0.220. The number of hydrogen-bond acceptors (Lipinski definition) is 6. The molecule has 194 valence electrons. The lowest BCUT2D eigenvalue weighted by Crippen LogP contribution is -2.24. The first-order chi connectivity index (χ1) is 19.1. The zero-order valence-corrected chi connectivity index (χ0v) is 21.7. The first-order valence-corrected chi connectivity index (χ1v) is 13.9. The van der Waals surface area contributed by atoms with Crippen molar-refractivity contribution in [3.05, 3.63) is 65.5 Å². The number of aromatic amines is 2. The maximum Gasteiger partial charge on any atom is 0.227 e. The molecule has 1 fully saturated rings. The van der Waals surface area contributed by atoms with E-state index in [1.807, 2.05) is 35.0 Å². The molecule has 0 bridgehead atoms. The number of imidazole rings is 1. The minimum absolute atomic E-state index is 0.0219. The number of benzene rings is 1. The van der Waals surface area contributed by atoms with Crippen molar-refractivity contribution in [2.45, 2.75) is 32.1 Å². The van der Waals surface area contributed by atoms with E-state index in [2.05, 4.69) is 30.5 Å². The molecule has 1 aliphatic carbocycles. The van der Waals surface area contributed by atoms with Crippen molar-refractivity contribution < 1.29 is 9.18 Å². The SMILES string of the molecule is O=C(Nc1cncc(-c2cc(F)c3[nH]nc(-c4nc5c(-c6ccsc6)nccc5[nH]4)c3c2)c1)C1CCCCC1. The van der Waals surface area contributed by atoms with Crippen LogP contribution >= 0.6 is 11.3 Å². The van der Waals surface area contributed by atoms with Crippen LogP contribution in [-0.2, 0) is 4.79 Å². The second-order valence-corrected chi connectivity index (χ2v) is 10.7. The van der Waals surface area contributed by atoms with Crippen LogP contribution in [0.25, 0.3) is 55.8 Å². The van der Waals surface area contributed by atoms with E-state index in [0.29, 0.717) is 39.2 Å². The molecular formula is C29H24FN7OS. The van der Waals surface area contributed by atoms with Gasteiger partial charge in [-0.15, -0.1) is 0 Å². The van der Waals surface area contributed by atoms with Crippen LogP contribution in [0.5, 0.6) is 0 Å². The zero-order valence-electron chi connectivity index (χ0n) is 20.9. The number of anilines is 1. The summed E-state index contributed by atoms with van der Waals surface area (Å²) in [5.41, 5.74) is 6.03. The van der Waals surface area contributed by atoms with Crippen molar-refractivity contribution in [1.29, 1.82) is 0 Å². The smallest absolute Gasteiger partial charge is 0.227 e. The summed E-state index contributed by atoms with van der Waals surface area (Å²) in [7, 11) is 0. The van der Waals surface area contributed by atoms with Crippen molar-refractivity contribution in [3.8, 4) is 33.9 Å². The maximum atomic E-state index is 15.3. The molecule has 0 saturated heterocycles. The summed E-state index contributed by atoms with van der Waals surface area (Å²) in [5.74, 6) is 0.135. The van der Waals surface area contributed by atoms with Gasteiger partial charge in [-0.2, -0.15) is 16.4 Å². The number of rotatable bonds is 5. The van der Waals surface area contributed by atoms with Crippen LogP contribution in [0.4, 0.5) is 10.1 Å². The van der Waals surface area contributed by atoms with Crippen LogP contribution < -0.4 is 5.32 Å². The van der Waals surface area contributed by atoms with Crippen molar-refractivity contribution in [2.24, 2.45) is 5.92 Å². The third-order valence-electron chi connectivity index (χ3n) is 7.36. The average molecular weight is 538 g/mol. The van der Waals surface area contributed by atoms with Crippen LogP contribution in [0.3, 0.4) is 0 Å². The number of nitrogens with zero attached hydrogens (tertiary/aromatic N) is 4. The number of thiophene rings is 1. The Morgan fingerprint density at radius 1 is 1.03 bits per heavy atom. The van der Waals surface area contributed by atoms with Gasteiger partial charge in [-0.05, 0) is 54.1 Å². The monoisotopic (exact) mass is 537 g/mol. The Morgan fingerprint density at radius 3 is 2.77 bits per heavy atom. The molecule has 7 rings (SSSR count). The van der Waals surface area contributed by atoms with Gasteiger partial charge in [0, 0.05) is 40.2 Å². The number of fused-ring (bicyclic) bond motifs is 2. The first kappa shape index (κ1) is 23.7. The molecule has 0 spiro atoms. The number of hydrogen-bond donors (Lipinski definition) is 3. The molecule has 39 heavy (non-hydrogen) atoms. The van der Waals surface area contributed by atoms with E-state index >= 15 is 4.39 Å². The number of aromatic nitrogens is 6. The summed E-state index contributed by atoms with van der Waals surface area (Å²) in [5, 5.41) is 14.9. The van der Waals surface area contributed by atoms with Crippen LogP contribution in [0.1, 0.15) is 32.1 Å². The summed E-state index contributed by atoms with van der Waals surface area (Å²) in [4.78, 5) is 29.7. The van der Waals surface area contributed by atoms with Gasteiger partial charge in [0.15, 0.2) is 5.82 Å². The van der Waals surface area contributed by atoms with Gasteiger partial charge in [-0.3, -0.25) is 19.9 Å². The van der Waals surface area contributed by atoms with Gasteiger partial charge in [-0.1, -0.05) is 19.3 Å². The largest absolute Gasteiger partial charge is 0.336 e. The van der Waals surface area contributed by atoms with Crippen molar-refractivity contribution in [2.75, 3.05) is 5.32 Å². The second kappa shape index (κ2) is 9.70. The van der Waals surface area contributed by atoms with E-state index in [0.717, 1.165) is 48.0 Å². The zero-order chi connectivity index (χ0) is 26.3. The number of H-pyrrole nitrogens is 2. The molecule has 1 aliphatic rings. The Balaban J connectivity index is 1.25. The molecule has 8 nitrogen and oxygen atoms in total. The summed E-state index contributed by atoms with van der Waals surface area (Å²) < 4.78 is 15.3. The van der Waals surface area contributed by atoms with Crippen LogP contribution in [0.15, 0.2) is 59.7 Å². The molecule has 6 aromatic rings. The van der Waals surface area contributed by atoms with Gasteiger partial charge in [0.2, 0.25) is 5.91 Å². The molecule has 10 heteroatoms. The fourth-order valence-corrected chi connectivity index (χ4v) is 6.00. The molecule has 5 heterocycles. The molecule has 3 N–H and O–H groups in total. The highest BCUT2D eigenvalue weighted by Gasteiger charge is 2.22. The first-order valence-electron chi connectivity index (χ1n) is 13.0. The van der Waals surface area contributed by atoms with Gasteiger partial charge in [-0.25, -0.2) is 9.37 Å². The predicted octanol–water partition coefficient (Wildman–Crippen LogP) is 6.95. The molecule has 0 aliphatic heterocycles. The molecule has 1 saturated carbocycles. The lowest BCUT2D eigenvalue weighted by atomic mass is 9.88. The third kappa shape index (κ3) is 4.36. The Hall–Kier alpha value is -4.44.